The number of H-pyrrole nitrogens is 1. The van der Waals surface area contributed by atoms with E-state index in [0.29, 0.717) is 5.92 Å². The van der Waals surface area contributed by atoms with Gasteiger partial charge in [-0.05, 0) is 42.9 Å². The molecular weight excluding hydrogens is 384 g/mol. The number of hydrogen-bond donors (Lipinski definition) is 1. The van der Waals surface area contributed by atoms with Crippen molar-refractivity contribution in [2.45, 2.75) is 44.7 Å². The summed E-state index contributed by atoms with van der Waals surface area (Å²) in [6.07, 6.45) is 3.99. The third-order valence-electron chi connectivity index (χ3n) is 7.14. The van der Waals surface area contributed by atoms with Crippen molar-refractivity contribution in [3.05, 3.63) is 83.1 Å². The fourth-order valence-electron chi connectivity index (χ4n) is 6.14. The highest BCUT2D eigenvalue weighted by Crippen LogP contribution is 2.49. The molecule has 4 nitrogen and oxygen atoms in total. The summed E-state index contributed by atoms with van der Waals surface area (Å²) in [4.78, 5) is 19.9. The summed E-state index contributed by atoms with van der Waals surface area (Å²) in [5, 5.41) is 1.22. The van der Waals surface area contributed by atoms with Gasteiger partial charge in [0.1, 0.15) is 5.41 Å². The minimum absolute atomic E-state index is 0.0364. The van der Waals surface area contributed by atoms with Crippen LogP contribution in [0.2, 0.25) is 0 Å². The lowest BCUT2D eigenvalue weighted by molar-refractivity contribution is -0.151. The van der Waals surface area contributed by atoms with Gasteiger partial charge in [0.2, 0.25) is 0 Å². The Morgan fingerprint density at radius 2 is 1.90 bits per heavy atom. The van der Waals surface area contributed by atoms with E-state index in [9.17, 15) is 4.79 Å². The van der Waals surface area contributed by atoms with Gasteiger partial charge in [0.15, 0.2) is 0 Å². The molecule has 3 aromatic rings. The Hall–Kier alpha value is -2.85. The van der Waals surface area contributed by atoms with Crippen molar-refractivity contribution < 1.29 is 9.53 Å². The highest BCUT2D eigenvalue weighted by molar-refractivity contribution is 5.92. The molecule has 2 aliphatic rings. The maximum absolute atomic E-state index is 13.7. The van der Waals surface area contributed by atoms with Crippen molar-refractivity contribution in [1.82, 2.24) is 9.88 Å². The van der Waals surface area contributed by atoms with Gasteiger partial charge in [-0.25, -0.2) is 0 Å². The normalized spacial score (nSPS) is 26.0. The lowest BCUT2D eigenvalue weighted by Gasteiger charge is -2.47. The molecule has 0 radical (unpaired) electrons. The zero-order chi connectivity index (χ0) is 21.6. The lowest BCUT2D eigenvalue weighted by Crippen LogP contribution is -2.57. The third kappa shape index (κ3) is 3.12. The number of carbonyl (C=O) groups excluding carboxylic acids is 1. The Kier molecular flexibility index (Phi) is 4.98. The van der Waals surface area contributed by atoms with Gasteiger partial charge in [-0.3, -0.25) is 9.69 Å². The molecule has 3 unspecified atom stereocenters. The second-order valence-corrected chi connectivity index (χ2v) is 9.19. The molecule has 4 heteroatoms. The maximum Gasteiger partial charge on any atom is 0.319 e. The molecule has 1 aliphatic heterocycles. The van der Waals surface area contributed by atoms with E-state index in [2.05, 4.69) is 84.4 Å². The highest BCUT2D eigenvalue weighted by atomic mass is 16.5. The molecule has 5 rings (SSSR count). The summed E-state index contributed by atoms with van der Waals surface area (Å²) < 4.78 is 5.54. The Morgan fingerprint density at radius 3 is 2.68 bits per heavy atom. The van der Waals surface area contributed by atoms with E-state index in [4.69, 9.17) is 4.74 Å². The van der Waals surface area contributed by atoms with E-state index >= 15 is 0 Å². The average molecular weight is 415 g/mol. The molecule has 3 atom stereocenters. The molecule has 2 aromatic carbocycles. The fourth-order valence-corrected chi connectivity index (χ4v) is 6.14. The van der Waals surface area contributed by atoms with E-state index in [-0.39, 0.29) is 12.0 Å². The number of para-hydroxylation sites is 1. The fraction of sp³-hybridized carbons (Fsp3) is 0.370. The van der Waals surface area contributed by atoms with Gasteiger partial charge in [-0.15, -0.1) is 0 Å². The average Bonchev–Trinajstić information content (AvgIpc) is 3.09. The smallest absolute Gasteiger partial charge is 0.319 e. The van der Waals surface area contributed by atoms with Crippen LogP contribution in [0.25, 0.3) is 10.9 Å². The minimum Gasteiger partial charge on any atom is -0.468 e. The number of aromatic amines is 1. The molecule has 1 aliphatic carbocycles. The molecule has 1 N–H and O–H groups in total. The quantitative estimate of drug-likeness (QED) is 0.485. The maximum atomic E-state index is 13.7. The second-order valence-electron chi connectivity index (χ2n) is 9.19. The zero-order valence-electron chi connectivity index (χ0n) is 18.5. The highest BCUT2D eigenvalue weighted by Gasteiger charge is 2.56. The van der Waals surface area contributed by atoms with Crippen LogP contribution in [-0.4, -0.2) is 35.5 Å². The Labute approximate surface area is 183 Å². The Bertz CT molecular complexity index is 1150. The standard InChI is InChI=1S/C27H30N2O2/c1-18-15-19(2)25-27(16-18,26(30)31-3)24-22(21-11-7-8-12-23(21)28-24)13-14-29(25)17-20-9-5-4-6-10-20/h4-12,15,18,25,28H,13-14,16-17H2,1-3H3. The zero-order valence-corrected chi connectivity index (χ0v) is 18.5. The van der Waals surface area contributed by atoms with Crippen LogP contribution in [-0.2, 0) is 27.9 Å². The third-order valence-corrected chi connectivity index (χ3v) is 7.14. The number of nitrogens with zero attached hydrogens (tertiary/aromatic N) is 1. The molecule has 1 aromatic heterocycles. The first-order valence-corrected chi connectivity index (χ1v) is 11.2. The molecule has 31 heavy (non-hydrogen) atoms. The number of fused-ring (bicyclic) bond motifs is 5. The first-order chi connectivity index (χ1) is 15.0. The van der Waals surface area contributed by atoms with Crippen molar-refractivity contribution in [2.24, 2.45) is 5.92 Å². The van der Waals surface area contributed by atoms with Gasteiger partial charge in [0.25, 0.3) is 0 Å². The van der Waals surface area contributed by atoms with Crippen LogP contribution < -0.4 is 0 Å². The summed E-state index contributed by atoms with van der Waals surface area (Å²) in [5.41, 5.74) is 5.21. The van der Waals surface area contributed by atoms with Crippen LogP contribution in [0.15, 0.2) is 66.2 Å². The van der Waals surface area contributed by atoms with Gasteiger partial charge in [-0.1, -0.05) is 67.1 Å². The number of methoxy groups -OCH3 is 1. The molecule has 0 saturated carbocycles. The second kappa shape index (κ2) is 7.69. The number of rotatable bonds is 3. The van der Waals surface area contributed by atoms with E-state index in [0.717, 1.165) is 37.1 Å². The number of ether oxygens (including phenoxy) is 1. The summed E-state index contributed by atoms with van der Waals surface area (Å²) in [6.45, 7) is 6.10. The summed E-state index contributed by atoms with van der Waals surface area (Å²) in [7, 11) is 1.53. The van der Waals surface area contributed by atoms with Gasteiger partial charge >= 0.3 is 5.97 Å². The van der Waals surface area contributed by atoms with Crippen LogP contribution in [0.5, 0.6) is 0 Å². The number of benzene rings is 2. The number of allylic oxidation sites excluding steroid dienone is 1. The predicted octanol–water partition coefficient (Wildman–Crippen LogP) is 4.99. The number of aromatic nitrogens is 1. The van der Waals surface area contributed by atoms with Crippen LogP contribution in [0.1, 0.15) is 37.1 Å². The molecule has 160 valence electrons. The van der Waals surface area contributed by atoms with Crippen molar-refractivity contribution in [2.75, 3.05) is 13.7 Å². The van der Waals surface area contributed by atoms with E-state index in [1.165, 1.54) is 29.2 Å². The first kappa shape index (κ1) is 20.1. The molecule has 0 spiro atoms. The number of esters is 1. The first-order valence-electron chi connectivity index (χ1n) is 11.2. The van der Waals surface area contributed by atoms with Crippen molar-refractivity contribution in [1.29, 1.82) is 0 Å². The summed E-state index contributed by atoms with van der Waals surface area (Å²) in [5.74, 6) is 0.163. The molecule has 0 fully saturated rings. The van der Waals surface area contributed by atoms with Gasteiger partial charge in [-0.2, -0.15) is 0 Å². The minimum atomic E-state index is -0.743. The monoisotopic (exact) mass is 414 g/mol. The van der Waals surface area contributed by atoms with Crippen LogP contribution >= 0.6 is 0 Å². The van der Waals surface area contributed by atoms with Gasteiger partial charge in [0.05, 0.1) is 13.2 Å². The van der Waals surface area contributed by atoms with Crippen molar-refractivity contribution >= 4 is 16.9 Å². The van der Waals surface area contributed by atoms with Crippen molar-refractivity contribution in [3.63, 3.8) is 0 Å². The van der Waals surface area contributed by atoms with E-state index < -0.39 is 5.41 Å². The largest absolute Gasteiger partial charge is 0.468 e. The van der Waals surface area contributed by atoms with E-state index in [1.54, 1.807) is 0 Å². The van der Waals surface area contributed by atoms with Crippen LogP contribution in [0, 0.1) is 5.92 Å². The van der Waals surface area contributed by atoms with Crippen LogP contribution in [0.3, 0.4) is 0 Å². The topological polar surface area (TPSA) is 45.3 Å². The van der Waals surface area contributed by atoms with Gasteiger partial charge in [0, 0.05) is 29.7 Å². The van der Waals surface area contributed by atoms with E-state index in [1.807, 2.05) is 0 Å². The Morgan fingerprint density at radius 1 is 1.16 bits per heavy atom. The summed E-state index contributed by atoms with van der Waals surface area (Å²) >= 11 is 0. The molecule has 0 bridgehead atoms. The molecule has 0 saturated heterocycles. The van der Waals surface area contributed by atoms with Crippen LogP contribution in [0.4, 0.5) is 0 Å². The Balaban J connectivity index is 1.74. The number of carbonyl (C=O) groups is 1. The summed E-state index contributed by atoms with van der Waals surface area (Å²) in [6, 6.07) is 18.9. The lowest BCUT2D eigenvalue weighted by atomic mass is 9.64. The molecular formula is C27H30N2O2. The predicted molar refractivity (Wildman–Crippen MR) is 124 cm³/mol. The SMILES string of the molecule is COC(=O)C12CC(C)C=C(C)C1N(Cc1ccccc1)CCc1c2[nH]c2ccccc12. The van der Waals surface area contributed by atoms with Gasteiger partial charge < -0.3 is 9.72 Å². The number of hydrogen-bond acceptors (Lipinski definition) is 3. The number of nitrogens with one attached hydrogen (secondary N) is 1. The van der Waals surface area contributed by atoms with Crippen molar-refractivity contribution in [3.8, 4) is 0 Å². The molecule has 2 heterocycles. The molecule has 0 amide bonds.